The zero-order valence-corrected chi connectivity index (χ0v) is 14.5. The first-order valence-corrected chi connectivity index (χ1v) is 9.00. The van der Waals surface area contributed by atoms with Crippen molar-refractivity contribution in [1.29, 1.82) is 0 Å². The molecule has 1 spiro atoms. The molecule has 128 valence electrons. The molecule has 0 bridgehead atoms. The van der Waals surface area contributed by atoms with Gasteiger partial charge in [-0.25, -0.2) is 4.79 Å². The zero-order chi connectivity index (χ0) is 16.7. The number of aromatic amines is 1. The molecule has 0 saturated carbocycles. The van der Waals surface area contributed by atoms with E-state index in [2.05, 4.69) is 39.9 Å². The lowest BCUT2D eigenvalue weighted by molar-refractivity contribution is 0.133. The van der Waals surface area contributed by atoms with Crippen molar-refractivity contribution in [3.8, 4) is 0 Å². The molecule has 1 aromatic heterocycles. The van der Waals surface area contributed by atoms with E-state index in [4.69, 9.17) is 0 Å². The van der Waals surface area contributed by atoms with Crippen molar-refractivity contribution in [3.05, 3.63) is 35.5 Å². The van der Waals surface area contributed by atoms with Gasteiger partial charge < -0.3 is 20.5 Å². The first kappa shape index (κ1) is 15.5. The van der Waals surface area contributed by atoms with Crippen LogP contribution in [-0.2, 0) is 12.0 Å². The minimum absolute atomic E-state index is 0.0127. The first-order chi connectivity index (χ1) is 11.6. The molecule has 5 nitrogen and oxygen atoms in total. The van der Waals surface area contributed by atoms with Crippen LogP contribution >= 0.6 is 0 Å². The predicted molar refractivity (Wildman–Crippen MR) is 96.2 cm³/mol. The van der Waals surface area contributed by atoms with Gasteiger partial charge in [0.25, 0.3) is 0 Å². The summed E-state index contributed by atoms with van der Waals surface area (Å²) in [7, 11) is 0. The number of fused-ring (bicyclic) bond motifs is 4. The standard InChI is InChI=1S/C19H26N4O/c1-13(2)21-18(24)23-11-8-19(9-12-23)17-15(7-10-20-19)14-5-3-4-6-16(14)22-17/h3-6,13,20,22H,7-12H2,1-2H3,(H,21,24). The highest BCUT2D eigenvalue weighted by Gasteiger charge is 2.42. The fourth-order valence-corrected chi connectivity index (χ4v) is 4.24. The fourth-order valence-electron chi connectivity index (χ4n) is 4.24. The number of para-hydroxylation sites is 1. The van der Waals surface area contributed by atoms with Gasteiger partial charge in [0, 0.05) is 42.3 Å². The van der Waals surface area contributed by atoms with Crippen LogP contribution in [0.2, 0.25) is 0 Å². The number of piperidine rings is 1. The molecule has 1 fully saturated rings. The number of amides is 2. The molecule has 1 aromatic carbocycles. The number of urea groups is 1. The van der Waals surface area contributed by atoms with Crippen molar-refractivity contribution in [2.45, 2.75) is 44.7 Å². The minimum atomic E-state index is -0.0127. The molecule has 24 heavy (non-hydrogen) atoms. The molecule has 0 unspecified atom stereocenters. The third-order valence-electron chi connectivity index (χ3n) is 5.45. The number of nitrogens with one attached hydrogen (secondary N) is 3. The summed E-state index contributed by atoms with van der Waals surface area (Å²) in [5, 5.41) is 8.12. The second kappa shape index (κ2) is 5.81. The maximum Gasteiger partial charge on any atom is 0.317 e. The summed E-state index contributed by atoms with van der Waals surface area (Å²) < 4.78 is 0. The average molecular weight is 326 g/mol. The predicted octanol–water partition coefficient (Wildman–Crippen LogP) is 2.72. The minimum Gasteiger partial charge on any atom is -0.357 e. The summed E-state index contributed by atoms with van der Waals surface area (Å²) >= 11 is 0. The molecule has 2 amide bonds. The van der Waals surface area contributed by atoms with Crippen LogP contribution in [0.25, 0.3) is 10.9 Å². The molecule has 2 aliphatic rings. The van der Waals surface area contributed by atoms with Gasteiger partial charge in [-0.2, -0.15) is 0 Å². The van der Waals surface area contributed by atoms with Crippen molar-refractivity contribution in [2.75, 3.05) is 19.6 Å². The highest BCUT2D eigenvalue weighted by molar-refractivity contribution is 5.85. The Bertz CT molecular complexity index is 756. The Morgan fingerprint density at radius 3 is 2.75 bits per heavy atom. The Labute approximate surface area is 142 Å². The number of rotatable bonds is 1. The topological polar surface area (TPSA) is 60.2 Å². The molecule has 0 atom stereocenters. The number of H-pyrrole nitrogens is 1. The number of likely N-dealkylation sites (tertiary alicyclic amines) is 1. The van der Waals surface area contributed by atoms with Crippen molar-refractivity contribution in [1.82, 2.24) is 20.5 Å². The quantitative estimate of drug-likeness (QED) is 0.754. The van der Waals surface area contributed by atoms with Crippen LogP contribution in [0.1, 0.15) is 37.9 Å². The average Bonchev–Trinajstić information content (AvgIpc) is 2.96. The van der Waals surface area contributed by atoms with E-state index in [0.29, 0.717) is 0 Å². The molecule has 0 radical (unpaired) electrons. The van der Waals surface area contributed by atoms with E-state index < -0.39 is 0 Å². The van der Waals surface area contributed by atoms with Gasteiger partial charge in [0.1, 0.15) is 0 Å². The van der Waals surface area contributed by atoms with Gasteiger partial charge in [-0.3, -0.25) is 0 Å². The van der Waals surface area contributed by atoms with E-state index in [-0.39, 0.29) is 17.6 Å². The Hall–Kier alpha value is -2.01. The molecule has 2 aliphatic heterocycles. The van der Waals surface area contributed by atoms with E-state index >= 15 is 0 Å². The van der Waals surface area contributed by atoms with Crippen molar-refractivity contribution < 1.29 is 4.79 Å². The van der Waals surface area contributed by atoms with Gasteiger partial charge in [0.2, 0.25) is 0 Å². The van der Waals surface area contributed by atoms with Crippen molar-refractivity contribution >= 4 is 16.9 Å². The number of aromatic nitrogens is 1. The van der Waals surface area contributed by atoms with Crippen LogP contribution in [-0.4, -0.2) is 41.6 Å². The zero-order valence-electron chi connectivity index (χ0n) is 14.5. The molecular formula is C19H26N4O. The molecule has 0 aliphatic carbocycles. The molecule has 5 heteroatoms. The van der Waals surface area contributed by atoms with Gasteiger partial charge >= 0.3 is 6.03 Å². The maximum absolute atomic E-state index is 12.3. The number of nitrogens with zero attached hydrogens (tertiary/aromatic N) is 1. The van der Waals surface area contributed by atoms with Crippen LogP contribution in [0.4, 0.5) is 4.79 Å². The smallest absolute Gasteiger partial charge is 0.317 e. The van der Waals surface area contributed by atoms with Crippen LogP contribution in [0.3, 0.4) is 0 Å². The molecule has 1 saturated heterocycles. The van der Waals surface area contributed by atoms with Crippen LogP contribution in [0.15, 0.2) is 24.3 Å². The number of hydrogen-bond donors (Lipinski definition) is 3. The second-order valence-electron chi connectivity index (χ2n) is 7.37. The largest absolute Gasteiger partial charge is 0.357 e. The number of carbonyl (C=O) groups is 1. The van der Waals surface area contributed by atoms with E-state index in [1.165, 1.54) is 22.2 Å². The lowest BCUT2D eigenvalue weighted by Gasteiger charge is -2.44. The summed E-state index contributed by atoms with van der Waals surface area (Å²) in [4.78, 5) is 17.9. The highest BCUT2D eigenvalue weighted by Crippen LogP contribution is 2.39. The van der Waals surface area contributed by atoms with Crippen LogP contribution in [0, 0.1) is 0 Å². The Kier molecular flexibility index (Phi) is 3.76. The van der Waals surface area contributed by atoms with E-state index in [1.807, 2.05) is 18.7 Å². The Morgan fingerprint density at radius 1 is 1.25 bits per heavy atom. The lowest BCUT2D eigenvalue weighted by atomic mass is 9.79. The summed E-state index contributed by atoms with van der Waals surface area (Å²) in [6.07, 6.45) is 2.98. The van der Waals surface area contributed by atoms with Crippen LogP contribution in [0.5, 0.6) is 0 Å². The normalized spacial score (nSPS) is 19.7. The monoisotopic (exact) mass is 326 g/mol. The summed E-state index contributed by atoms with van der Waals surface area (Å²) in [6, 6.07) is 8.82. The fraction of sp³-hybridized carbons (Fsp3) is 0.526. The molecule has 3 N–H and O–H groups in total. The maximum atomic E-state index is 12.3. The third-order valence-corrected chi connectivity index (χ3v) is 5.45. The van der Waals surface area contributed by atoms with Gasteiger partial charge in [0.05, 0.1) is 5.54 Å². The number of carbonyl (C=O) groups excluding carboxylic acids is 1. The van der Waals surface area contributed by atoms with Gasteiger partial charge in [-0.15, -0.1) is 0 Å². The summed E-state index contributed by atoms with van der Waals surface area (Å²) in [5.74, 6) is 0. The summed E-state index contributed by atoms with van der Waals surface area (Å²) in [6.45, 7) is 6.60. The van der Waals surface area contributed by atoms with E-state index in [9.17, 15) is 4.79 Å². The second-order valence-corrected chi connectivity index (χ2v) is 7.37. The summed E-state index contributed by atoms with van der Waals surface area (Å²) in [5.41, 5.74) is 4.02. The first-order valence-electron chi connectivity index (χ1n) is 9.00. The van der Waals surface area contributed by atoms with Gasteiger partial charge in [-0.05, 0) is 44.7 Å². The van der Waals surface area contributed by atoms with Crippen molar-refractivity contribution in [2.24, 2.45) is 0 Å². The van der Waals surface area contributed by atoms with Crippen molar-refractivity contribution in [3.63, 3.8) is 0 Å². The third kappa shape index (κ3) is 2.47. The highest BCUT2D eigenvalue weighted by atomic mass is 16.2. The number of hydrogen-bond acceptors (Lipinski definition) is 2. The SMILES string of the molecule is CC(C)NC(=O)N1CCC2(CC1)NCCc1c2[nH]c2ccccc12. The Morgan fingerprint density at radius 2 is 2.00 bits per heavy atom. The van der Waals surface area contributed by atoms with E-state index in [1.54, 1.807) is 0 Å². The lowest BCUT2D eigenvalue weighted by Crippen LogP contribution is -2.56. The van der Waals surface area contributed by atoms with E-state index in [0.717, 1.165) is 38.9 Å². The van der Waals surface area contributed by atoms with Gasteiger partial charge in [-0.1, -0.05) is 18.2 Å². The van der Waals surface area contributed by atoms with Gasteiger partial charge in [0.15, 0.2) is 0 Å². The molecule has 4 rings (SSSR count). The molecule has 3 heterocycles. The molecular weight excluding hydrogens is 300 g/mol. The Balaban J connectivity index is 1.59. The van der Waals surface area contributed by atoms with Crippen LogP contribution < -0.4 is 10.6 Å². The molecule has 2 aromatic rings. The number of benzene rings is 1.